The van der Waals surface area contributed by atoms with Crippen LogP contribution in [-0.4, -0.2) is 11.5 Å². The molecule has 90 valence electrons. The SMILES string of the molecule is CCNC(c1ccc(C)nc1)c1ccsc1C. The average molecular weight is 246 g/mol. The third kappa shape index (κ3) is 2.73. The Morgan fingerprint density at radius 3 is 2.65 bits per heavy atom. The second-order valence-electron chi connectivity index (χ2n) is 4.16. The van der Waals surface area contributed by atoms with Gasteiger partial charge in [0.25, 0.3) is 0 Å². The third-order valence-corrected chi connectivity index (χ3v) is 3.75. The maximum atomic E-state index is 4.39. The summed E-state index contributed by atoms with van der Waals surface area (Å²) >= 11 is 1.80. The molecule has 1 unspecified atom stereocenters. The molecule has 1 atom stereocenters. The number of rotatable bonds is 4. The molecule has 0 aliphatic carbocycles. The van der Waals surface area contributed by atoms with Gasteiger partial charge in [0.2, 0.25) is 0 Å². The van der Waals surface area contributed by atoms with Crippen molar-refractivity contribution in [2.75, 3.05) is 6.54 Å². The molecule has 0 aliphatic heterocycles. The number of hydrogen-bond acceptors (Lipinski definition) is 3. The molecular weight excluding hydrogens is 228 g/mol. The van der Waals surface area contributed by atoms with Gasteiger partial charge in [-0.1, -0.05) is 13.0 Å². The second-order valence-corrected chi connectivity index (χ2v) is 5.28. The Balaban J connectivity index is 2.35. The average Bonchev–Trinajstić information content (AvgIpc) is 2.74. The van der Waals surface area contributed by atoms with E-state index in [0.29, 0.717) is 0 Å². The number of aryl methyl sites for hydroxylation is 2. The van der Waals surface area contributed by atoms with Crippen LogP contribution < -0.4 is 5.32 Å². The normalized spacial score (nSPS) is 12.6. The number of hydrogen-bond donors (Lipinski definition) is 1. The van der Waals surface area contributed by atoms with Crippen LogP contribution in [0.15, 0.2) is 29.8 Å². The zero-order valence-electron chi connectivity index (χ0n) is 10.5. The minimum absolute atomic E-state index is 0.263. The van der Waals surface area contributed by atoms with Crippen LogP contribution in [0.25, 0.3) is 0 Å². The van der Waals surface area contributed by atoms with Crippen LogP contribution in [0.2, 0.25) is 0 Å². The summed E-state index contributed by atoms with van der Waals surface area (Å²) in [5, 5.41) is 5.68. The van der Waals surface area contributed by atoms with Gasteiger partial charge in [0.05, 0.1) is 6.04 Å². The fraction of sp³-hybridized carbons (Fsp3) is 0.357. The van der Waals surface area contributed by atoms with Gasteiger partial charge in [-0.3, -0.25) is 4.98 Å². The first-order valence-electron chi connectivity index (χ1n) is 5.92. The van der Waals surface area contributed by atoms with Crippen LogP contribution in [0.5, 0.6) is 0 Å². The molecule has 0 spiro atoms. The highest BCUT2D eigenvalue weighted by Crippen LogP contribution is 2.27. The molecule has 2 aromatic rings. The molecule has 0 aromatic carbocycles. The fourth-order valence-electron chi connectivity index (χ4n) is 1.96. The van der Waals surface area contributed by atoms with Gasteiger partial charge >= 0.3 is 0 Å². The Bertz CT molecular complexity index is 473. The zero-order chi connectivity index (χ0) is 12.3. The van der Waals surface area contributed by atoms with Crippen molar-refractivity contribution in [2.24, 2.45) is 0 Å². The van der Waals surface area contributed by atoms with Gasteiger partial charge < -0.3 is 5.32 Å². The van der Waals surface area contributed by atoms with Crippen LogP contribution in [-0.2, 0) is 0 Å². The van der Waals surface area contributed by atoms with Crippen LogP contribution in [0, 0.1) is 13.8 Å². The van der Waals surface area contributed by atoms with E-state index in [0.717, 1.165) is 12.2 Å². The predicted octanol–water partition coefficient (Wildman–Crippen LogP) is 3.46. The number of nitrogens with zero attached hydrogens (tertiary/aromatic N) is 1. The first kappa shape index (κ1) is 12.3. The Labute approximate surface area is 107 Å². The van der Waals surface area contributed by atoms with E-state index in [1.165, 1.54) is 16.0 Å². The minimum atomic E-state index is 0.263. The Hall–Kier alpha value is -1.19. The topological polar surface area (TPSA) is 24.9 Å². The smallest absolute Gasteiger partial charge is 0.0602 e. The van der Waals surface area contributed by atoms with E-state index in [1.54, 1.807) is 11.3 Å². The summed E-state index contributed by atoms with van der Waals surface area (Å²) < 4.78 is 0. The largest absolute Gasteiger partial charge is 0.306 e. The molecule has 0 radical (unpaired) electrons. The molecule has 2 nitrogen and oxygen atoms in total. The highest BCUT2D eigenvalue weighted by Gasteiger charge is 2.15. The van der Waals surface area contributed by atoms with Crippen molar-refractivity contribution >= 4 is 11.3 Å². The van der Waals surface area contributed by atoms with Crippen molar-refractivity contribution < 1.29 is 0 Å². The van der Waals surface area contributed by atoms with E-state index >= 15 is 0 Å². The Morgan fingerprint density at radius 2 is 2.12 bits per heavy atom. The minimum Gasteiger partial charge on any atom is -0.306 e. The van der Waals surface area contributed by atoms with E-state index in [1.807, 2.05) is 13.1 Å². The fourth-order valence-corrected chi connectivity index (χ4v) is 2.70. The number of nitrogens with one attached hydrogen (secondary N) is 1. The summed E-state index contributed by atoms with van der Waals surface area (Å²) in [5.74, 6) is 0. The first-order valence-corrected chi connectivity index (χ1v) is 6.80. The van der Waals surface area contributed by atoms with Gasteiger partial charge in [-0.05, 0) is 49.0 Å². The van der Waals surface area contributed by atoms with Crippen LogP contribution in [0.4, 0.5) is 0 Å². The molecule has 3 heteroatoms. The Kier molecular flexibility index (Phi) is 3.92. The number of aromatic nitrogens is 1. The molecule has 0 aliphatic rings. The van der Waals surface area contributed by atoms with E-state index in [9.17, 15) is 0 Å². The number of pyridine rings is 1. The quantitative estimate of drug-likeness (QED) is 0.893. The van der Waals surface area contributed by atoms with E-state index < -0.39 is 0 Å². The van der Waals surface area contributed by atoms with Gasteiger partial charge in [-0.2, -0.15) is 0 Å². The first-order chi connectivity index (χ1) is 8.22. The standard InChI is InChI=1S/C14H18N2S/c1-4-15-14(13-7-8-17-11(13)3)12-6-5-10(2)16-9-12/h5-9,14-15H,4H2,1-3H3. The molecule has 2 aromatic heterocycles. The molecule has 17 heavy (non-hydrogen) atoms. The van der Waals surface area contributed by atoms with Gasteiger partial charge in [-0.15, -0.1) is 11.3 Å². The van der Waals surface area contributed by atoms with E-state index in [2.05, 4.69) is 47.7 Å². The summed E-state index contributed by atoms with van der Waals surface area (Å²) in [6.07, 6.45) is 1.97. The van der Waals surface area contributed by atoms with Crippen LogP contribution in [0.3, 0.4) is 0 Å². The maximum absolute atomic E-state index is 4.39. The molecule has 2 heterocycles. The maximum Gasteiger partial charge on any atom is 0.0602 e. The van der Waals surface area contributed by atoms with E-state index in [-0.39, 0.29) is 6.04 Å². The number of thiophene rings is 1. The van der Waals surface area contributed by atoms with Gasteiger partial charge in [-0.25, -0.2) is 0 Å². The lowest BCUT2D eigenvalue weighted by atomic mass is 10.0. The molecule has 0 saturated carbocycles. The van der Waals surface area contributed by atoms with Crippen LogP contribution >= 0.6 is 11.3 Å². The summed E-state index contributed by atoms with van der Waals surface area (Å²) in [4.78, 5) is 5.76. The summed E-state index contributed by atoms with van der Waals surface area (Å²) in [5.41, 5.74) is 3.66. The molecule has 0 bridgehead atoms. The van der Waals surface area contributed by atoms with Crippen molar-refractivity contribution in [1.29, 1.82) is 0 Å². The third-order valence-electron chi connectivity index (χ3n) is 2.89. The predicted molar refractivity (Wildman–Crippen MR) is 73.5 cm³/mol. The van der Waals surface area contributed by atoms with Gasteiger partial charge in [0, 0.05) is 16.8 Å². The molecule has 0 saturated heterocycles. The highest BCUT2D eigenvalue weighted by molar-refractivity contribution is 7.10. The lowest BCUT2D eigenvalue weighted by molar-refractivity contribution is 0.627. The lowest BCUT2D eigenvalue weighted by Crippen LogP contribution is -2.22. The molecule has 1 N–H and O–H groups in total. The molecule has 0 fully saturated rings. The highest BCUT2D eigenvalue weighted by atomic mass is 32.1. The summed E-state index contributed by atoms with van der Waals surface area (Å²) in [6.45, 7) is 7.28. The molecular formula is C14H18N2S. The summed E-state index contributed by atoms with van der Waals surface area (Å²) in [7, 11) is 0. The lowest BCUT2D eigenvalue weighted by Gasteiger charge is -2.18. The van der Waals surface area contributed by atoms with Gasteiger partial charge in [0.1, 0.15) is 0 Å². The van der Waals surface area contributed by atoms with Crippen LogP contribution in [0.1, 0.15) is 34.7 Å². The van der Waals surface area contributed by atoms with E-state index in [4.69, 9.17) is 0 Å². The van der Waals surface area contributed by atoms with Crippen molar-refractivity contribution in [2.45, 2.75) is 26.8 Å². The van der Waals surface area contributed by atoms with Gasteiger partial charge in [0.15, 0.2) is 0 Å². The van der Waals surface area contributed by atoms with Crippen molar-refractivity contribution in [3.05, 3.63) is 51.5 Å². The van der Waals surface area contributed by atoms with Crippen molar-refractivity contribution in [3.8, 4) is 0 Å². The Morgan fingerprint density at radius 1 is 1.29 bits per heavy atom. The monoisotopic (exact) mass is 246 g/mol. The van der Waals surface area contributed by atoms with Crippen molar-refractivity contribution in [1.82, 2.24) is 10.3 Å². The molecule has 0 amide bonds. The second kappa shape index (κ2) is 5.43. The van der Waals surface area contributed by atoms with Crippen molar-refractivity contribution in [3.63, 3.8) is 0 Å². The zero-order valence-corrected chi connectivity index (χ0v) is 11.3. The summed E-state index contributed by atoms with van der Waals surface area (Å²) in [6, 6.07) is 6.70. The molecule has 2 rings (SSSR count).